The number of nitrogens with zero attached hydrogens (tertiary/aromatic N) is 1. The Bertz CT molecular complexity index is 525. The summed E-state index contributed by atoms with van der Waals surface area (Å²) in [6.07, 6.45) is 9.45. The zero-order valence-corrected chi connectivity index (χ0v) is 13.0. The number of ether oxygens (including phenoxy) is 2. The summed E-state index contributed by atoms with van der Waals surface area (Å²) in [5.41, 5.74) is -0.587. The molecule has 4 aliphatic rings. The van der Waals surface area contributed by atoms with E-state index in [0.717, 1.165) is 12.8 Å². The minimum absolute atomic E-state index is 0.0943. The molecule has 2 saturated heterocycles. The van der Waals surface area contributed by atoms with Crippen molar-refractivity contribution in [2.24, 2.45) is 11.8 Å². The number of fused-ring (bicyclic) bond motifs is 1. The first kappa shape index (κ1) is 14.2. The molecule has 1 spiro atoms. The minimum atomic E-state index is -0.587. The summed E-state index contributed by atoms with van der Waals surface area (Å²) in [6, 6.07) is 0.320. The van der Waals surface area contributed by atoms with Gasteiger partial charge in [0.05, 0.1) is 25.2 Å². The minimum Gasteiger partial charge on any atom is -0.466 e. The van der Waals surface area contributed by atoms with Gasteiger partial charge in [0.2, 0.25) is 5.91 Å². The maximum Gasteiger partial charge on any atom is 0.312 e. The molecule has 4 atom stereocenters. The van der Waals surface area contributed by atoms with Crippen molar-refractivity contribution >= 4 is 11.9 Å². The fraction of sp³-hybridized carbons (Fsp3) is 0.765. The number of amides is 1. The Morgan fingerprint density at radius 2 is 2.18 bits per heavy atom. The number of likely N-dealkylation sites (tertiary alicyclic amines) is 1. The molecule has 3 fully saturated rings. The van der Waals surface area contributed by atoms with Crippen molar-refractivity contribution < 1.29 is 19.1 Å². The number of carbonyl (C=O) groups is 2. The second kappa shape index (κ2) is 5.08. The lowest BCUT2D eigenvalue weighted by Gasteiger charge is -2.32. The summed E-state index contributed by atoms with van der Waals surface area (Å²) in [6.45, 7) is 2.73. The first-order valence-corrected chi connectivity index (χ1v) is 8.50. The van der Waals surface area contributed by atoms with Crippen LogP contribution in [0.2, 0.25) is 0 Å². The van der Waals surface area contributed by atoms with E-state index < -0.39 is 11.5 Å². The smallest absolute Gasteiger partial charge is 0.312 e. The van der Waals surface area contributed by atoms with E-state index in [1.54, 1.807) is 6.92 Å². The first-order chi connectivity index (χ1) is 10.7. The van der Waals surface area contributed by atoms with E-state index in [-0.39, 0.29) is 23.9 Å². The lowest BCUT2D eigenvalue weighted by Crippen LogP contribution is -2.42. The van der Waals surface area contributed by atoms with Crippen molar-refractivity contribution in [1.82, 2.24) is 4.90 Å². The molecular weight excluding hydrogens is 282 g/mol. The van der Waals surface area contributed by atoms with Crippen molar-refractivity contribution in [2.45, 2.75) is 56.8 Å². The van der Waals surface area contributed by atoms with Crippen LogP contribution in [0.15, 0.2) is 12.2 Å². The van der Waals surface area contributed by atoms with Gasteiger partial charge in [0.1, 0.15) is 11.5 Å². The van der Waals surface area contributed by atoms with Gasteiger partial charge in [-0.05, 0) is 19.8 Å². The molecule has 0 aromatic heterocycles. The van der Waals surface area contributed by atoms with Gasteiger partial charge in [-0.1, -0.05) is 31.4 Å². The molecule has 0 aromatic carbocycles. The Hall–Kier alpha value is -1.36. The zero-order valence-electron chi connectivity index (χ0n) is 13.0. The summed E-state index contributed by atoms with van der Waals surface area (Å²) in [7, 11) is 0. The standard InChI is InChI=1S/C17H23NO4/c1-2-21-16(20)13-12-8-9-17(22-12)10-18(15(19)14(13)17)11-6-4-3-5-7-11/h8-9,11-14H,2-7,10H2,1H3/t12-,13-,14+,17-/m1/s1. The molecule has 0 N–H and O–H groups in total. The highest BCUT2D eigenvalue weighted by Crippen LogP contribution is 2.53. The van der Waals surface area contributed by atoms with E-state index >= 15 is 0 Å². The monoisotopic (exact) mass is 305 g/mol. The highest BCUT2D eigenvalue weighted by molar-refractivity contribution is 5.91. The summed E-state index contributed by atoms with van der Waals surface area (Å²) >= 11 is 0. The van der Waals surface area contributed by atoms with Gasteiger partial charge in [0.25, 0.3) is 0 Å². The Balaban J connectivity index is 1.60. The van der Waals surface area contributed by atoms with Crippen LogP contribution >= 0.6 is 0 Å². The highest BCUT2D eigenvalue weighted by atomic mass is 16.6. The van der Waals surface area contributed by atoms with Gasteiger partial charge in [-0.2, -0.15) is 0 Å². The van der Waals surface area contributed by atoms with Crippen LogP contribution in [0.25, 0.3) is 0 Å². The summed E-state index contributed by atoms with van der Waals surface area (Å²) < 4.78 is 11.3. The van der Waals surface area contributed by atoms with Crippen LogP contribution in [-0.4, -0.2) is 47.7 Å². The fourth-order valence-corrected chi connectivity index (χ4v) is 4.74. The predicted octanol–water partition coefficient (Wildman–Crippen LogP) is 1.66. The molecule has 0 unspecified atom stereocenters. The van der Waals surface area contributed by atoms with Gasteiger partial charge >= 0.3 is 5.97 Å². The molecular formula is C17H23NO4. The molecule has 0 radical (unpaired) electrons. The third kappa shape index (κ3) is 1.87. The van der Waals surface area contributed by atoms with E-state index in [4.69, 9.17) is 9.47 Å². The third-order valence-corrected chi connectivity index (χ3v) is 5.70. The van der Waals surface area contributed by atoms with Gasteiger partial charge in [0.15, 0.2) is 0 Å². The summed E-state index contributed by atoms with van der Waals surface area (Å²) in [5.74, 6) is -1.05. The van der Waals surface area contributed by atoms with Crippen molar-refractivity contribution in [2.75, 3.05) is 13.2 Å². The van der Waals surface area contributed by atoms with Crippen molar-refractivity contribution in [3.8, 4) is 0 Å². The maximum atomic E-state index is 13.0. The van der Waals surface area contributed by atoms with E-state index in [9.17, 15) is 9.59 Å². The van der Waals surface area contributed by atoms with Crippen LogP contribution in [0.4, 0.5) is 0 Å². The van der Waals surface area contributed by atoms with Crippen LogP contribution < -0.4 is 0 Å². The third-order valence-electron chi connectivity index (χ3n) is 5.70. The van der Waals surface area contributed by atoms with Gasteiger partial charge in [-0.3, -0.25) is 9.59 Å². The normalized spacial score (nSPS) is 40.3. The molecule has 1 aliphatic carbocycles. The number of rotatable bonds is 3. The van der Waals surface area contributed by atoms with Crippen molar-refractivity contribution in [3.05, 3.63) is 12.2 Å². The number of carbonyl (C=O) groups excluding carboxylic acids is 2. The Labute approximate surface area is 130 Å². The molecule has 22 heavy (non-hydrogen) atoms. The van der Waals surface area contributed by atoms with Crippen LogP contribution in [0, 0.1) is 11.8 Å². The lowest BCUT2D eigenvalue weighted by atomic mass is 9.77. The van der Waals surface area contributed by atoms with Crippen molar-refractivity contribution in [1.29, 1.82) is 0 Å². The van der Waals surface area contributed by atoms with Crippen LogP contribution in [0.5, 0.6) is 0 Å². The molecule has 1 amide bonds. The van der Waals surface area contributed by atoms with Gasteiger partial charge in [0, 0.05) is 6.04 Å². The largest absolute Gasteiger partial charge is 0.466 e. The van der Waals surface area contributed by atoms with E-state index in [1.165, 1.54) is 19.3 Å². The molecule has 2 bridgehead atoms. The van der Waals surface area contributed by atoms with E-state index in [2.05, 4.69) is 0 Å². The van der Waals surface area contributed by atoms with Crippen LogP contribution in [0.3, 0.4) is 0 Å². The van der Waals surface area contributed by atoms with Gasteiger partial charge < -0.3 is 14.4 Å². The fourth-order valence-electron chi connectivity index (χ4n) is 4.74. The number of hydrogen-bond donors (Lipinski definition) is 0. The number of hydrogen-bond acceptors (Lipinski definition) is 4. The van der Waals surface area contributed by atoms with Crippen molar-refractivity contribution in [3.63, 3.8) is 0 Å². The quantitative estimate of drug-likeness (QED) is 0.588. The average Bonchev–Trinajstić information content (AvgIpc) is 3.17. The second-order valence-corrected chi connectivity index (χ2v) is 6.91. The number of esters is 1. The molecule has 0 aromatic rings. The Kier molecular flexibility index (Phi) is 3.29. The van der Waals surface area contributed by atoms with Crippen LogP contribution in [-0.2, 0) is 19.1 Å². The first-order valence-electron chi connectivity index (χ1n) is 8.50. The molecule has 5 heteroatoms. The SMILES string of the molecule is CCOC(=O)[C@H]1[C@H]2C(=O)N(C3CCCCC3)C[C@]23C=C[C@H]1O3. The second-order valence-electron chi connectivity index (χ2n) is 6.91. The van der Waals surface area contributed by atoms with E-state index in [1.807, 2.05) is 17.1 Å². The zero-order chi connectivity index (χ0) is 15.3. The molecule has 3 heterocycles. The van der Waals surface area contributed by atoms with E-state index in [0.29, 0.717) is 19.2 Å². The predicted molar refractivity (Wildman–Crippen MR) is 78.9 cm³/mol. The van der Waals surface area contributed by atoms with Gasteiger partial charge in [-0.15, -0.1) is 0 Å². The molecule has 120 valence electrons. The summed E-state index contributed by atoms with van der Waals surface area (Å²) in [4.78, 5) is 27.3. The maximum absolute atomic E-state index is 13.0. The molecule has 4 rings (SSSR count). The Morgan fingerprint density at radius 1 is 1.41 bits per heavy atom. The Morgan fingerprint density at radius 3 is 2.91 bits per heavy atom. The molecule has 3 aliphatic heterocycles. The topological polar surface area (TPSA) is 55.8 Å². The molecule has 1 saturated carbocycles. The lowest BCUT2D eigenvalue weighted by molar-refractivity contribution is -0.153. The summed E-state index contributed by atoms with van der Waals surface area (Å²) in [5, 5.41) is 0. The molecule has 5 nitrogen and oxygen atoms in total. The van der Waals surface area contributed by atoms with Gasteiger partial charge in [-0.25, -0.2) is 0 Å². The highest BCUT2D eigenvalue weighted by Gasteiger charge is 2.67. The van der Waals surface area contributed by atoms with Crippen LogP contribution in [0.1, 0.15) is 39.0 Å². The average molecular weight is 305 g/mol.